The summed E-state index contributed by atoms with van der Waals surface area (Å²) in [5, 5.41) is 10.0. The highest BCUT2D eigenvalue weighted by Crippen LogP contribution is 2.27. The number of carbonyl (C=O) groups is 1. The van der Waals surface area contributed by atoms with E-state index in [0.717, 1.165) is 11.3 Å². The predicted molar refractivity (Wildman–Crippen MR) is 81.9 cm³/mol. The summed E-state index contributed by atoms with van der Waals surface area (Å²) in [5.41, 5.74) is 0.785. The van der Waals surface area contributed by atoms with E-state index >= 15 is 0 Å². The van der Waals surface area contributed by atoms with Crippen LogP contribution in [0, 0.1) is 6.92 Å². The molecule has 0 aliphatic rings. The third-order valence-corrected chi connectivity index (χ3v) is 4.59. The van der Waals surface area contributed by atoms with E-state index in [1.165, 1.54) is 10.9 Å². The zero-order valence-corrected chi connectivity index (χ0v) is 12.4. The van der Waals surface area contributed by atoms with E-state index in [4.69, 9.17) is 16.7 Å². The minimum atomic E-state index is -1.05. The van der Waals surface area contributed by atoms with Gasteiger partial charge in [-0.25, -0.2) is 9.78 Å². The van der Waals surface area contributed by atoms with Gasteiger partial charge in [0.15, 0.2) is 0 Å². The number of halogens is 1. The van der Waals surface area contributed by atoms with Crippen molar-refractivity contribution >= 4 is 39.1 Å². The van der Waals surface area contributed by atoms with Gasteiger partial charge in [-0.1, -0.05) is 11.6 Å². The number of benzene rings is 1. The van der Waals surface area contributed by atoms with Crippen molar-refractivity contribution in [2.45, 2.75) is 6.92 Å². The average Bonchev–Trinajstić information content (AvgIpc) is 2.79. The number of fused-ring (bicyclic) bond motifs is 1. The van der Waals surface area contributed by atoms with E-state index in [9.17, 15) is 9.59 Å². The van der Waals surface area contributed by atoms with E-state index < -0.39 is 5.97 Å². The predicted octanol–water partition coefficient (Wildman–Crippen LogP) is 3.11. The lowest BCUT2D eigenvalue weighted by atomic mass is 10.2. The van der Waals surface area contributed by atoms with E-state index in [-0.39, 0.29) is 10.4 Å². The first kappa shape index (κ1) is 13.8. The summed E-state index contributed by atoms with van der Waals surface area (Å²) in [4.78, 5) is 28.5. The average molecular weight is 321 g/mol. The molecule has 0 aliphatic carbocycles. The molecule has 106 valence electrons. The number of carboxylic acid groups (broad SMARTS) is 1. The topological polar surface area (TPSA) is 72.2 Å². The summed E-state index contributed by atoms with van der Waals surface area (Å²) in [7, 11) is 0. The van der Waals surface area contributed by atoms with Gasteiger partial charge in [0.1, 0.15) is 16.0 Å². The molecule has 0 radical (unpaired) electrons. The summed E-state index contributed by atoms with van der Waals surface area (Å²) in [6.45, 7) is 1.62. The molecule has 0 saturated carbocycles. The number of hydrogen-bond donors (Lipinski definition) is 1. The highest BCUT2D eigenvalue weighted by atomic mass is 35.5. The van der Waals surface area contributed by atoms with Crippen molar-refractivity contribution < 1.29 is 9.90 Å². The van der Waals surface area contributed by atoms with Crippen LogP contribution in [0.5, 0.6) is 0 Å². The van der Waals surface area contributed by atoms with Crippen LogP contribution in [0.4, 0.5) is 0 Å². The Kier molecular flexibility index (Phi) is 3.27. The molecule has 1 N–H and O–H groups in total. The molecule has 21 heavy (non-hydrogen) atoms. The minimum absolute atomic E-state index is 0.142. The van der Waals surface area contributed by atoms with Gasteiger partial charge in [0.2, 0.25) is 0 Å². The van der Waals surface area contributed by atoms with Crippen molar-refractivity contribution in [1.82, 2.24) is 9.55 Å². The molecule has 0 saturated heterocycles. The summed E-state index contributed by atoms with van der Waals surface area (Å²) >= 11 is 6.84. The number of rotatable bonds is 2. The first-order chi connectivity index (χ1) is 9.99. The molecule has 0 aliphatic heterocycles. The Morgan fingerprint density at radius 1 is 1.33 bits per heavy atom. The maximum absolute atomic E-state index is 12.6. The van der Waals surface area contributed by atoms with E-state index in [2.05, 4.69) is 4.98 Å². The number of aryl methyl sites for hydroxylation is 1. The van der Waals surface area contributed by atoms with Gasteiger partial charge in [-0.05, 0) is 36.8 Å². The number of nitrogens with zero attached hydrogens (tertiary/aromatic N) is 2. The Hall–Kier alpha value is -2.18. The molecule has 1 aromatic carbocycles. The monoisotopic (exact) mass is 320 g/mol. The van der Waals surface area contributed by atoms with Crippen LogP contribution < -0.4 is 5.56 Å². The first-order valence-electron chi connectivity index (χ1n) is 5.99. The van der Waals surface area contributed by atoms with Crippen molar-refractivity contribution in [3.63, 3.8) is 0 Å². The van der Waals surface area contributed by atoms with Crippen LogP contribution in [0.1, 0.15) is 15.2 Å². The Labute approximate surface area is 128 Å². The lowest BCUT2D eigenvalue weighted by Crippen LogP contribution is -2.18. The van der Waals surface area contributed by atoms with Crippen LogP contribution in [-0.4, -0.2) is 20.6 Å². The fourth-order valence-corrected chi connectivity index (χ4v) is 3.22. The van der Waals surface area contributed by atoms with Gasteiger partial charge in [0, 0.05) is 5.02 Å². The molecular formula is C14H9ClN2O3S. The second-order valence-electron chi connectivity index (χ2n) is 4.44. The Morgan fingerprint density at radius 3 is 2.62 bits per heavy atom. The fourth-order valence-electron chi connectivity index (χ4n) is 2.11. The minimum Gasteiger partial charge on any atom is -0.477 e. The van der Waals surface area contributed by atoms with Crippen LogP contribution in [-0.2, 0) is 0 Å². The largest absolute Gasteiger partial charge is 0.477 e. The van der Waals surface area contributed by atoms with Crippen molar-refractivity contribution in [2.75, 3.05) is 0 Å². The van der Waals surface area contributed by atoms with Gasteiger partial charge < -0.3 is 5.11 Å². The number of carboxylic acids is 1. The van der Waals surface area contributed by atoms with Gasteiger partial charge in [-0.2, -0.15) is 0 Å². The van der Waals surface area contributed by atoms with Crippen LogP contribution in [0.3, 0.4) is 0 Å². The SMILES string of the molecule is Cc1c(C(=O)O)sc2ncn(-c3ccc(Cl)cc3)c(=O)c12. The van der Waals surface area contributed by atoms with E-state index in [1.54, 1.807) is 31.2 Å². The van der Waals surface area contributed by atoms with Crippen molar-refractivity contribution in [3.8, 4) is 5.69 Å². The number of aromatic carboxylic acids is 1. The molecule has 3 aromatic rings. The van der Waals surface area contributed by atoms with Crippen LogP contribution in [0.15, 0.2) is 35.4 Å². The number of hydrogen-bond acceptors (Lipinski definition) is 4. The Balaban J connectivity index is 2.30. The molecule has 0 fully saturated rings. The molecule has 0 spiro atoms. The third-order valence-electron chi connectivity index (χ3n) is 3.15. The lowest BCUT2D eigenvalue weighted by Gasteiger charge is -2.05. The van der Waals surface area contributed by atoms with Crippen LogP contribution in [0.25, 0.3) is 15.9 Å². The number of aromatic nitrogens is 2. The second-order valence-corrected chi connectivity index (χ2v) is 5.87. The van der Waals surface area contributed by atoms with Gasteiger partial charge >= 0.3 is 5.97 Å². The molecule has 5 nitrogen and oxygen atoms in total. The molecule has 7 heteroatoms. The van der Waals surface area contributed by atoms with Crippen molar-refractivity contribution in [2.24, 2.45) is 0 Å². The van der Waals surface area contributed by atoms with E-state index in [0.29, 0.717) is 26.5 Å². The summed E-state index contributed by atoms with van der Waals surface area (Å²) < 4.78 is 1.38. The maximum Gasteiger partial charge on any atom is 0.346 e. The van der Waals surface area contributed by atoms with Crippen LogP contribution >= 0.6 is 22.9 Å². The standard InChI is InChI=1S/C14H9ClN2O3S/c1-7-10-12(21-11(7)14(19)20)16-6-17(13(10)18)9-4-2-8(15)3-5-9/h2-6H,1H3,(H,19,20). The molecule has 0 unspecified atom stereocenters. The molecule has 3 rings (SSSR count). The smallest absolute Gasteiger partial charge is 0.346 e. The van der Waals surface area contributed by atoms with Crippen LogP contribution in [0.2, 0.25) is 5.02 Å². The molecule has 0 atom stereocenters. The normalized spacial score (nSPS) is 11.0. The summed E-state index contributed by atoms with van der Waals surface area (Å²) in [5.74, 6) is -1.05. The lowest BCUT2D eigenvalue weighted by molar-refractivity contribution is 0.0701. The zero-order chi connectivity index (χ0) is 15.1. The highest BCUT2D eigenvalue weighted by molar-refractivity contribution is 7.20. The number of thiophene rings is 1. The zero-order valence-electron chi connectivity index (χ0n) is 10.8. The molecular weight excluding hydrogens is 312 g/mol. The molecule has 2 heterocycles. The molecule has 0 bridgehead atoms. The quantitative estimate of drug-likeness (QED) is 0.787. The Bertz CT molecular complexity index is 912. The molecule has 0 amide bonds. The maximum atomic E-state index is 12.6. The summed E-state index contributed by atoms with van der Waals surface area (Å²) in [6, 6.07) is 6.77. The van der Waals surface area contributed by atoms with E-state index in [1.807, 2.05) is 0 Å². The van der Waals surface area contributed by atoms with Gasteiger partial charge in [0.05, 0.1) is 11.1 Å². The fraction of sp³-hybridized carbons (Fsp3) is 0.0714. The van der Waals surface area contributed by atoms with Crippen molar-refractivity contribution in [3.05, 3.63) is 56.4 Å². The molecule has 2 aromatic heterocycles. The van der Waals surface area contributed by atoms with Gasteiger partial charge in [-0.15, -0.1) is 11.3 Å². The summed E-state index contributed by atoms with van der Waals surface area (Å²) in [6.07, 6.45) is 1.40. The first-order valence-corrected chi connectivity index (χ1v) is 7.18. The Morgan fingerprint density at radius 2 is 2.00 bits per heavy atom. The van der Waals surface area contributed by atoms with Gasteiger partial charge in [-0.3, -0.25) is 9.36 Å². The third kappa shape index (κ3) is 2.22. The van der Waals surface area contributed by atoms with Crippen molar-refractivity contribution in [1.29, 1.82) is 0 Å². The highest BCUT2D eigenvalue weighted by Gasteiger charge is 2.18. The van der Waals surface area contributed by atoms with Gasteiger partial charge in [0.25, 0.3) is 5.56 Å². The second kappa shape index (κ2) is 4.98.